The van der Waals surface area contributed by atoms with E-state index in [-0.39, 0.29) is 28.0 Å². The minimum Gasteiger partial charge on any atom is -0.506 e. The highest BCUT2D eigenvalue weighted by molar-refractivity contribution is 7.91. The van der Waals surface area contributed by atoms with Crippen molar-refractivity contribution in [2.45, 2.75) is 31.2 Å². The van der Waals surface area contributed by atoms with Crippen LogP contribution < -0.4 is 10.6 Å². The first kappa shape index (κ1) is 24.0. The first-order chi connectivity index (χ1) is 15.8. The second kappa shape index (κ2) is 10.8. The molecular weight excluding hydrogens is 440 g/mol. The van der Waals surface area contributed by atoms with Crippen molar-refractivity contribution < 1.29 is 23.1 Å². The van der Waals surface area contributed by atoms with E-state index in [0.29, 0.717) is 24.9 Å². The number of anilines is 1. The molecule has 0 aliphatic carbocycles. The van der Waals surface area contributed by atoms with Crippen molar-refractivity contribution >= 4 is 27.3 Å². The van der Waals surface area contributed by atoms with Gasteiger partial charge in [0.05, 0.1) is 16.3 Å². The van der Waals surface area contributed by atoms with Gasteiger partial charge in [0.2, 0.25) is 5.91 Å². The minimum atomic E-state index is -3.47. The summed E-state index contributed by atoms with van der Waals surface area (Å²) in [4.78, 5) is 24.7. The van der Waals surface area contributed by atoms with Crippen LogP contribution in [0.4, 0.5) is 5.69 Å². The maximum atomic E-state index is 12.6. The highest BCUT2D eigenvalue weighted by Gasteiger charge is 2.16. The van der Waals surface area contributed by atoms with Crippen LogP contribution in [0.15, 0.2) is 77.7 Å². The number of phenolic OH excluding ortho intramolecular Hbond substituents is 1. The van der Waals surface area contributed by atoms with Gasteiger partial charge in [0, 0.05) is 18.5 Å². The van der Waals surface area contributed by atoms with Gasteiger partial charge in [0.15, 0.2) is 9.84 Å². The third kappa shape index (κ3) is 6.66. The lowest BCUT2D eigenvalue weighted by Gasteiger charge is -2.10. The molecule has 3 aromatic carbocycles. The Morgan fingerprint density at radius 3 is 2.27 bits per heavy atom. The number of nitrogens with one attached hydrogen (secondary N) is 2. The van der Waals surface area contributed by atoms with E-state index in [4.69, 9.17) is 0 Å². The van der Waals surface area contributed by atoms with Crippen LogP contribution >= 0.6 is 0 Å². The monoisotopic (exact) mass is 466 g/mol. The number of carbonyl (C=O) groups excluding carboxylic acids is 2. The molecule has 0 spiro atoms. The van der Waals surface area contributed by atoms with Crippen molar-refractivity contribution in [2.75, 3.05) is 11.1 Å². The summed E-state index contributed by atoms with van der Waals surface area (Å²) in [6.45, 7) is 1.86. The van der Waals surface area contributed by atoms with Crippen LogP contribution in [0.2, 0.25) is 0 Å². The molecule has 7 nitrogen and oxygen atoms in total. The molecule has 0 heterocycles. The van der Waals surface area contributed by atoms with Crippen LogP contribution in [0.25, 0.3) is 0 Å². The average Bonchev–Trinajstić information content (AvgIpc) is 2.83. The first-order valence-electron chi connectivity index (χ1n) is 10.5. The normalized spacial score (nSPS) is 11.1. The molecule has 0 fully saturated rings. The number of aryl methyl sites for hydroxylation is 1. The van der Waals surface area contributed by atoms with E-state index in [2.05, 4.69) is 10.6 Å². The third-order valence-corrected chi connectivity index (χ3v) is 6.88. The Hall–Kier alpha value is -3.65. The molecule has 0 saturated carbocycles. The summed E-state index contributed by atoms with van der Waals surface area (Å²) < 4.78 is 24.1. The van der Waals surface area contributed by atoms with Crippen molar-refractivity contribution in [3.05, 3.63) is 89.5 Å². The van der Waals surface area contributed by atoms with Crippen LogP contribution in [0, 0.1) is 0 Å². The molecule has 172 valence electrons. The van der Waals surface area contributed by atoms with Crippen LogP contribution in [-0.2, 0) is 27.6 Å². The van der Waals surface area contributed by atoms with Crippen molar-refractivity contribution in [1.29, 1.82) is 0 Å². The summed E-state index contributed by atoms with van der Waals surface area (Å²) in [7, 11) is -3.47. The number of aromatic hydroxyl groups is 1. The molecule has 0 radical (unpaired) electrons. The van der Waals surface area contributed by atoms with E-state index < -0.39 is 15.7 Å². The van der Waals surface area contributed by atoms with Gasteiger partial charge in [-0.05, 0) is 47.9 Å². The SMILES string of the molecule is CCS(=O)(=O)c1ccc(O)c(NC(=O)c2ccc(CNC(=O)CCc3ccccc3)cc2)c1. The fraction of sp³-hybridized carbons (Fsp3) is 0.200. The molecule has 3 rings (SSSR count). The lowest BCUT2D eigenvalue weighted by atomic mass is 10.1. The van der Waals surface area contributed by atoms with E-state index in [1.54, 1.807) is 24.3 Å². The molecule has 8 heteroatoms. The molecule has 0 aliphatic heterocycles. The molecule has 0 aromatic heterocycles. The Balaban J connectivity index is 1.56. The molecule has 2 amide bonds. The molecule has 0 aliphatic rings. The Morgan fingerprint density at radius 1 is 0.909 bits per heavy atom. The van der Waals surface area contributed by atoms with Gasteiger partial charge in [-0.25, -0.2) is 8.42 Å². The van der Waals surface area contributed by atoms with E-state index in [1.165, 1.54) is 25.1 Å². The summed E-state index contributed by atoms with van der Waals surface area (Å²) in [6, 6.07) is 20.2. The number of sulfone groups is 1. The largest absolute Gasteiger partial charge is 0.506 e. The summed E-state index contributed by atoms with van der Waals surface area (Å²) in [6.07, 6.45) is 1.06. The van der Waals surface area contributed by atoms with Crippen LogP contribution in [0.3, 0.4) is 0 Å². The van der Waals surface area contributed by atoms with E-state index in [0.717, 1.165) is 11.1 Å². The van der Waals surface area contributed by atoms with Gasteiger partial charge >= 0.3 is 0 Å². The van der Waals surface area contributed by atoms with Crippen molar-refractivity contribution in [3.63, 3.8) is 0 Å². The number of carbonyl (C=O) groups is 2. The fourth-order valence-electron chi connectivity index (χ4n) is 3.14. The van der Waals surface area contributed by atoms with Gasteiger partial charge in [0.25, 0.3) is 5.91 Å². The van der Waals surface area contributed by atoms with Crippen LogP contribution in [0.5, 0.6) is 5.75 Å². The lowest BCUT2D eigenvalue weighted by Crippen LogP contribution is -2.23. The summed E-state index contributed by atoms with van der Waals surface area (Å²) in [5.74, 6) is -0.865. The number of hydrogen-bond donors (Lipinski definition) is 3. The maximum Gasteiger partial charge on any atom is 0.255 e. The molecule has 0 bridgehead atoms. The molecule has 33 heavy (non-hydrogen) atoms. The Labute approximate surface area is 193 Å². The number of phenols is 1. The first-order valence-corrected chi connectivity index (χ1v) is 12.2. The predicted molar refractivity (Wildman–Crippen MR) is 127 cm³/mol. The zero-order chi connectivity index (χ0) is 23.8. The summed E-state index contributed by atoms with van der Waals surface area (Å²) in [5, 5.41) is 15.4. The predicted octanol–water partition coefficient (Wildman–Crippen LogP) is 3.69. The number of hydrogen-bond acceptors (Lipinski definition) is 5. The number of amides is 2. The topological polar surface area (TPSA) is 113 Å². The van der Waals surface area contributed by atoms with Gasteiger partial charge in [-0.1, -0.05) is 49.4 Å². The maximum absolute atomic E-state index is 12.6. The second-order valence-corrected chi connectivity index (χ2v) is 9.77. The van der Waals surface area contributed by atoms with E-state index >= 15 is 0 Å². The van der Waals surface area contributed by atoms with Gasteiger partial charge in [0.1, 0.15) is 5.75 Å². The Bertz CT molecular complexity index is 1220. The van der Waals surface area contributed by atoms with Crippen LogP contribution in [-0.4, -0.2) is 31.1 Å². The van der Waals surface area contributed by atoms with Gasteiger partial charge in [-0.15, -0.1) is 0 Å². The number of rotatable bonds is 9. The molecule has 3 aromatic rings. The third-order valence-electron chi connectivity index (χ3n) is 5.14. The van der Waals surface area contributed by atoms with Gasteiger partial charge < -0.3 is 15.7 Å². The average molecular weight is 467 g/mol. The molecule has 3 N–H and O–H groups in total. The second-order valence-electron chi connectivity index (χ2n) is 7.50. The van der Waals surface area contributed by atoms with E-state index in [1.807, 2.05) is 30.3 Å². The molecule has 0 saturated heterocycles. The number of benzene rings is 3. The lowest BCUT2D eigenvalue weighted by molar-refractivity contribution is -0.121. The van der Waals surface area contributed by atoms with Crippen LogP contribution in [0.1, 0.15) is 34.8 Å². The van der Waals surface area contributed by atoms with Gasteiger partial charge in [-0.3, -0.25) is 9.59 Å². The quantitative estimate of drug-likeness (QED) is 0.417. The zero-order valence-electron chi connectivity index (χ0n) is 18.2. The van der Waals surface area contributed by atoms with Crippen molar-refractivity contribution in [3.8, 4) is 5.75 Å². The Kier molecular flexibility index (Phi) is 7.84. The Morgan fingerprint density at radius 2 is 1.61 bits per heavy atom. The highest BCUT2D eigenvalue weighted by atomic mass is 32.2. The van der Waals surface area contributed by atoms with Crippen molar-refractivity contribution in [2.24, 2.45) is 0 Å². The zero-order valence-corrected chi connectivity index (χ0v) is 19.1. The highest BCUT2D eigenvalue weighted by Crippen LogP contribution is 2.27. The smallest absolute Gasteiger partial charge is 0.255 e. The summed E-state index contributed by atoms with van der Waals surface area (Å²) >= 11 is 0. The molecule has 0 unspecified atom stereocenters. The fourth-order valence-corrected chi connectivity index (χ4v) is 4.04. The van der Waals surface area contributed by atoms with Gasteiger partial charge in [-0.2, -0.15) is 0 Å². The minimum absolute atomic E-state index is 0.0179. The molecule has 0 atom stereocenters. The van der Waals surface area contributed by atoms with Crippen molar-refractivity contribution in [1.82, 2.24) is 5.32 Å². The van der Waals surface area contributed by atoms with E-state index in [9.17, 15) is 23.1 Å². The summed E-state index contributed by atoms with van der Waals surface area (Å²) in [5.41, 5.74) is 2.28. The molecular formula is C25H26N2O5S. The standard InChI is InChI=1S/C25H26N2O5S/c1-2-33(31,32)21-13-14-23(28)22(16-21)27-25(30)20-11-8-19(9-12-20)17-26-24(29)15-10-18-6-4-3-5-7-18/h3-9,11-14,16,28H,2,10,15,17H2,1H3,(H,26,29)(H,27,30).